The molecule has 0 radical (unpaired) electrons. The number of H-pyrrole nitrogens is 1. The zero-order valence-electron chi connectivity index (χ0n) is 9.22. The van der Waals surface area contributed by atoms with Gasteiger partial charge in [-0.2, -0.15) is 0 Å². The average molecular weight is 304 g/mol. The van der Waals surface area contributed by atoms with Gasteiger partial charge in [-0.05, 0) is 12.1 Å². The molecule has 0 aliphatic carbocycles. The molecule has 0 atom stereocenters. The van der Waals surface area contributed by atoms with Crippen LogP contribution in [0.2, 0.25) is 5.02 Å². The van der Waals surface area contributed by atoms with Gasteiger partial charge in [0.25, 0.3) is 15.6 Å². The highest BCUT2D eigenvalue weighted by Gasteiger charge is 2.17. The summed E-state index contributed by atoms with van der Waals surface area (Å²) >= 11 is 5.53. The number of aromatic nitrogens is 2. The number of sulfonamides is 1. The Morgan fingerprint density at radius 2 is 2.16 bits per heavy atom. The Bertz CT molecular complexity index is 776. The van der Waals surface area contributed by atoms with Crippen LogP contribution in [0, 0.1) is 5.82 Å². The first-order valence-electron chi connectivity index (χ1n) is 4.91. The second-order valence-electron chi connectivity index (χ2n) is 3.47. The fraction of sp³-hybridized carbons (Fsp3) is 0. The van der Waals surface area contributed by atoms with E-state index in [1.807, 2.05) is 4.72 Å². The Morgan fingerprint density at radius 1 is 1.42 bits per heavy atom. The maximum atomic E-state index is 13.3. The van der Waals surface area contributed by atoms with Crippen LogP contribution in [0.1, 0.15) is 0 Å². The third-order valence-electron chi connectivity index (χ3n) is 2.16. The van der Waals surface area contributed by atoms with Crippen molar-refractivity contribution in [3.63, 3.8) is 0 Å². The van der Waals surface area contributed by atoms with Crippen molar-refractivity contribution in [1.29, 1.82) is 0 Å². The monoisotopic (exact) mass is 303 g/mol. The highest BCUT2D eigenvalue weighted by atomic mass is 35.5. The molecule has 0 unspecified atom stereocenters. The van der Waals surface area contributed by atoms with Crippen LogP contribution in [-0.2, 0) is 10.0 Å². The van der Waals surface area contributed by atoms with Gasteiger partial charge in [-0.15, -0.1) is 0 Å². The molecule has 100 valence electrons. The van der Waals surface area contributed by atoms with E-state index in [0.29, 0.717) is 0 Å². The lowest BCUT2D eigenvalue weighted by Crippen LogP contribution is -2.16. The molecule has 0 aliphatic heterocycles. The van der Waals surface area contributed by atoms with Crippen LogP contribution in [0.5, 0.6) is 0 Å². The minimum atomic E-state index is -4.05. The first-order valence-corrected chi connectivity index (χ1v) is 6.77. The van der Waals surface area contributed by atoms with Gasteiger partial charge in [-0.1, -0.05) is 11.6 Å². The summed E-state index contributed by atoms with van der Waals surface area (Å²) in [4.78, 5) is 16.4. The van der Waals surface area contributed by atoms with E-state index in [0.717, 1.165) is 18.5 Å². The average Bonchev–Trinajstić information content (AvgIpc) is 2.35. The van der Waals surface area contributed by atoms with Gasteiger partial charge in [0.05, 0.1) is 11.9 Å². The maximum Gasteiger partial charge on any atom is 0.266 e. The summed E-state index contributed by atoms with van der Waals surface area (Å²) in [5, 5.41) is -0.280. The normalized spacial score (nSPS) is 11.3. The molecule has 0 saturated carbocycles. The van der Waals surface area contributed by atoms with Gasteiger partial charge >= 0.3 is 0 Å². The van der Waals surface area contributed by atoms with E-state index in [1.165, 1.54) is 12.3 Å². The van der Waals surface area contributed by atoms with Crippen molar-refractivity contribution in [2.45, 2.75) is 4.90 Å². The topological polar surface area (TPSA) is 91.9 Å². The molecule has 2 N–H and O–H groups in total. The summed E-state index contributed by atoms with van der Waals surface area (Å²) < 4.78 is 39.2. The molecular formula is C10H7ClFN3O3S. The molecular weight excluding hydrogens is 297 g/mol. The van der Waals surface area contributed by atoms with Crippen molar-refractivity contribution in [2.24, 2.45) is 0 Å². The molecule has 9 heteroatoms. The molecule has 2 rings (SSSR count). The summed E-state index contributed by atoms with van der Waals surface area (Å²) in [6.07, 6.45) is 3.08. The molecule has 0 saturated heterocycles. The molecule has 6 nitrogen and oxygen atoms in total. The molecule has 0 aliphatic rings. The first-order chi connectivity index (χ1) is 8.90. The number of pyridine rings is 2. The number of rotatable bonds is 3. The minimum absolute atomic E-state index is 0.252. The van der Waals surface area contributed by atoms with Crippen LogP contribution in [0.15, 0.2) is 40.4 Å². The molecule has 2 heterocycles. The summed E-state index contributed by atoms with van der Waals surface area (Å²) in [5.41, 5.74) is -0.868. The molecule has 0 fully saturated rings. The number of aromatic amines is 1. The predicted octanol–water partition coefficient (Wildman–Crippen LogP) is 1.36. The standard InChI is InChI=1S/C10H7ClFN3O3S/c11-7-3-6(4-14-10(7)16)19(17,18)15-9-1-2-13-5-8(9)12/h1-5H,(H,13,15)(H,14,16). The molecule has 0 aromatic carbocycles. The Kier molecular flexibility index (Phi) is 3.54. The summed E-state index contributed by atoms with van der Waals surface area (Å²) in [5.74, 6) is -0.818. The van der Waals surface area contributed by atoms with Crippen molar-refractivity contribution in [2.75, 3.05) is 4.72 Å². The Hall–Kier alpha value is -1.93. The van der Waals surface area contributed by atoms with E-state index in [9.17, 15) is 17.6 Å². The maximum absolute atomic E-state index is 13.3. The van der Waals surface area contributed by atoms with Crippen LogP contribution < -0.4 is 10.3 Å². The van der Waals surface area contributed by atoms with Gasteiger partial charge in [-0.3, -0.25) is 14.5 Å². The second kappa shape index (κ2) is 4.98. The zero-order valence-corrected chi connectivity index (χ0v) is 10.8. The highest BCUT2D eigenvalue weighted by Crippen LogP contribution is 2.18. The molecule has 0 bridgehead atoms. The fourth-order valence-electron chi connectivity index (χ4n) is 1.25. The van der Waals surface area contributed by atoms with Crippen molar-refractivity contribution >= 4 is 27.3 Å². The summed E-state index contributed by atoms with van der Waals surface area (Å²) in [6.45, 7) is 0. The van der Waals surface area contributed by atoms with E-state index < -0.39 is 21.4 Å². The van der Waals surface area contributed by atoms with Crippen LogP contribution in [0.3, 0.4) is 0 Å². The molecule has 2 aromatic heterocycles. The molecule has 0 spiro atoms. The van der Waals surface area contributed by atoms with Gasteiger partial charge in [-0.25, -0.2) is 12.8 Å². The SMILES string of the molecule is O=c1[nH]cc(S(=O)(=O)Nc2ccncc2F)cc1Cl. The fourth-order valence-corrected chi connectivity index (χ4v) is 2.55. The van der Waals surface area contributed by atoms with Crippen molar-refractivity contribution in [1.82, 2.24) is 9.97 Å². The lowest BCUT2D eigenvalue weighted by atomic mass is 10.4. The second-order valence-corrected chi connectivity index (χ2v) is 5.56. The summed E-state index contributed by atoms with van der Waals surface area (Å²) in [7, 11) is -4.05. The van der Waals surface area contributed by atoms with E-state index in [2.05, 4.69) is 9.97 Å². The number of hydrogen-bond acceptors (Lipinski definition) is 4. The van der Waals surface area contributed by atoms with Gasteiger partial charge in [0.15, 0.2) is 5.82 Å². The highest BCUT2D eigenvalue weighted by molar-refractivity contribution is 7.92. The zero-order chi connectivity index (χ0) is 14.0. The molecule has 19 heavy (non-hydrogen) atoms. The Morgan fingerprint density at radius 3 is 2.79 bits per heavy atom. The van der Waals surface area contributed by atoms with Crippen LogP contribution in [0.25, 0.3) is 0 Å². The third-order valence-corrected chi connectivity index (χ3v) is 3.78. The largest absolute Gasteiger partial charge is 0.326 e. The van der Waals surface area contributed by atoms with Gasteiger partial charge in [0.1, 0.15) is 9.92 Å². The van der Waals surface area contributed by atoms with E-state index in [1.54, 1.807) is 0 Å². The van der Waals surface area contributed by atoms with E-state index in [4.69, 9.17) is 11.6 Å². The van der Waals surface area contributed by atoms with Crippen LogP contribution >= 0.6 is 11.6 Å². The van der Waals surface area contributed by atoms with Crippen LogP contribution in [0.4, 0.5) is 10.1 Å². The van der Waals surface area contributed by atoms with Crippen molar-refractivity contribution < 1.29 is 12.8 Å². The number of anilines is 1. The molecule has 2 aromatic rings. The predicted molar refractivity (Wildman–Crippen MR) is 67.1 cm³/mol. The Balaban J connectivity index is 2.41. The Labute approximate surface area is 112 Å². The smallest absolute Gasteiger partial charge is 0.266 e. The van der Waals surface area contributed by atoms with Gasteiger partial charge in [0.2, 0.25) is 0 Å². The van der Waals surface area contributed by atoms with Crippen LogP contribution in [-0.4, -0.2) is 18.4 Å². The lowest BCUT2D eigenvalue weighted by molar-refractivity contribution is 0.597. The number of nitrogens with zero attached hydrogens (tertiary/aromatic N) is 1. The third kappa shape index (κ3) is 2.91. The number of halogens is 2. The minimum Gasteiger partial charge on any atom is -0.326 e. The first kappa shape index (κ1) is 13.5. The number of hydrogen-bond donors (Lipinski definition) is 2. The van der Waals surface area contributed by atoms with E-state index >= 15 is 0 Å². The lowest BCUT2D eigenvalue weighted by Gasteiger charge is -2.08. The van der Waals surface area contributed by atoms with Gasteiger partial charge < -0.3 is 4.98 Å². The quantitative estimate of drug-likeness (QED) is 0.895. The van der Waals surface area contributed by atoms with E-state index in [-0.39, 0.29) is 15.6 Å². The number of nitrogens with one attached hydrogen (secondary N) is 2. The summed E-state index contributed by atoms with van der Waals surface area (Å²) in [6, 6.07) is 2.14. The van der Waals surface area contributed by atoms with Crippen molar-refractivity contribution in [3.8, 4) is 0 Å². The molecule has 0 amide bonds. The van der Waals surface area contributed by atoms with Gasteiger partial charge in [0, 0.05) is 12.4 Å². The van der Waals surface area contributed by atoms with Crippen molar-refractivity contribution in [3.05, 3.63) is 51.9 Å².